The highest BCUT2D eigenvalue weighted by molar-refractivity contribution is 7.94. The number of hydrogen-bond donors (Lipinski definition) is 2. The first-order valence-corrected chi connectivity index (χ1v) is 15.5. The van der Waals surface area contributed by atoms with Crippen molar-refractivity contribution in [1.29, 1.82) is 0 Å². The molecule has 0 spiro atoms. The first-order chi connectivity index (χ1) is 20.1. The minimum Gasteiger partial charge on any atom is -0.507 e. The second-order valence-electron chi connectivity index (χ2n) is 9.55. The van der Waals surface area contributed by atoms with Gasteiger partial charge in [-0.05, 0) is 53.2 Å². The number of carbonyl (C=O) groups is 2. The zero-order valence-corrected chi connectivity index (χ0v) is 23.2. The van der Waals surface area contributed by atoms with Crippen molar-refractivity contribution >= 4 is 64.1 Å². The molecule has 0 aliphatic rings. The van der Waals surface area contributed by atoms with Gasteiger partial charge >= 0.3 is 0 Å². The van der Waals surface area contributed by atoms with Crippen molar-refractivity contribution in [1.82, 2.24) is 0 Å². The van der Waals surface area contributed by atoms with Crippen LogP contribution in [-0.4, -0.2) is 39.1 Å². The average Bonchev–Trinajstić information content (AvgIpc) is 3.02. The van der Waals surface area contributed by atoms with Crippen LogP contribution in [0.5, 0.6) is 11.5 Å². The molecule has 0 heterocycles. The molecule has 0 aliphatic carbocycles. The molecule has 0 saturated carbocycles. The van der Waals surface area contributed by atoms with E-state index in [1.165, 1.54) is 60.7 Å². The lowest BCUT2D eigenvalue weighted by Crippen LogP contribution is -2.12. The third-order valence-corrected chi connectivity index (χ3v) is 10.9. The second-order valence-corrected chi connectivity index (χ2v) is 13.4. The summed E-state index contributed by atoms with van der Waals surface area (Å²) in [5.41, 5.74) is -0.371. The fourth-order valence-electron chi connectivity index (χ4n) is 5.21. The normalized spacial score (nSPS) is 12.1. The number of fused-ring (bicyclic) bond motifs is 3. The first kappa shape index (κ1) is 27.1. The number of phenols is 2. The number of aromatic hydroxyl groups is 2. The molecule has 0 bridgehead atoms. The van der Waals surface area contributed by atoms with E-state index in [1.807, 2.05) is 0 Å². The van der Waals surface area contributed by atoms with E-state index in [9.17, 15) is 36.6 Å². The average molecular weight is 597 g/mol. The van der Waals surface area contributed by atoms with E-state index in [4.69, 9.17) is 0 Å². The monoisotopic (exact) mass is 596 g/mol. The molecular weight excluding hydrogens is 576 g/mol. The van der Waals surface area contributed by atoms with Gasteiger partial charge in [0.05, 0.1) is 19.6 Å². The number of carbonyl (C=O) groups excluding carboxylic acids is 2. The van der Waals surface area contributed by atoms with Crippen LogP contribution >= 0.6 is 0 Å². The molecule has 42 heavy (non-hydrogen) atoms. The van der Waals surface area contributed by atoms with Crippen LogP contribution in [0.1, 0.15) is 10.4 Å². The lowest BCUT2D eigenvalue weighted by molar-refractivity contribution is -0.104. The molecule has 0 amide bonds. The van der Waals surface area contributed by atoms with Crippen LogP contribution < -0.4 is 0 Å². The van der Waals surface area contributed by atoms with Crippen LogP contribution in [0.15, 0.2) is 123 Å². The molecular formula is C32H20O8S2. The molecule has 6 rings (SSSR count). The van der Waals surface area contributed by atoms with Crippen LogP contribution in [-0.2, 0) is 24.5 Å². The summed E-state index contributed by atoms with van der Waals surface area (Å²) in [4.78, 5) is 23.5. The van der Waals surface area contributed by atoms with Crippen LogP contribution in [0, 0.1) is 0 Å². The molecule has 208 valence electrons. The minimum atomic E-state index is -4.50. The van der Waals surface area contributed by atoms with E-state index in [1.54, 1.807) is 30.3 Å². The number of Topliss-reactive ketones (excluding diaryl/α,β-unsaturated/α-hetero) is 1. The molecule has 6 aromatic carbocycles. The fraction of sp³-hybridized carbons (Fsp3) is 0. The van der Waals surface area contributed by atoms with Crippen molar-refractivity contribution < 1.29 is 36.6 Å². The van der Waals surface area contributed by atoms with Gasteiger partial charge in [-0.3, -0.25) is 9.59 Å². The zero-order chi connectivity index (χ0) is 29.8. The van der Waals surface area contributed by atoms with Gasteiger partial charge in [-0.2, -0.15) is 0 Å². The van der Waals surface area contributed by atoms with E-state index in [2.05, 4.69) is 0 Å². The van der Waals surface area contributed by atoms with E-state index in [0.717, 1.165) is 12.1 Å². The number of rotatable bonds is 6. The van der Waals surface area contributed by atoms with E-state index < -0.39 is 41.0 Å². The zero-order valence-electron chi connectivity index (χ0n) is 21.6. The molecule has 10 heteroatoms. The molecule has 0 aliphatic heterocycles. The number of sulfone groups is 2. The molecule has 8 nitrogen and oxygen atoms in total. The van der Waals surface area contributed by atoms with Crippen molar-refractivity contribution in [3.8, 4) is 11.5 Å². The summed E-state index contributed by atoms with van der Waals surface area (Å²) in [5, 5.41) is 22.7. The molecule has 0 aromatic heterocycles. The van der Waals surface area contributed by atoms with Crippen molar-refractivity contribution in [2.24, 2.45) is 0 Å². The standard InChI is InChI=1S/C32H20O8S2/c33-18-26(34)29-24-17-28(42(39,40)21-11-5-2-6-12-21)27(41(37,38)20-9-3-1-4-10-20)16-19(24)15-25-30(29)32(36)23-14-8-7-13-22(23)31(25)35/h1-18,35-36H. The Hall–Kier alpha value is -5.06. The highest BCUT2D eigenvalue weighted by Crippen LogP contribution is 2.46. The smallest absolute Gasteiger partial charge is 0.226 e. The van der Waals surface area contributed by atoms with Crippen LogP contribution in [0.4, 0.5) is 0 Å². The summed E-state index contributed by atoms with van der Waals surface area (Å²) >= 11 is 0. The third-order valence-electron chi connectivity index (χ3n) is 7.17. The molecule has 0 saturated heterocycles. The van der Waals surface area contributed by atoms with Gasteiger partial charge in [-0.15, -0.1) is 0 Å². The molecule has 0 radical (unpaired) electrons. The van der Waals surface area contributed by atoms with E-state index >= 15 is 0 Å². The van der Waals surface area contributed by atoms with Gasteiger partial charge in [-0.25, -0.2) is 16.8 Å². The first-order valence-electron chi connectivity index (χ1n) is 12.5. The van der Waals surface area contributed by atoms with E-state index in [-0.39, 0.29) is 59.7 Å². The van der Waals surface area contributed by atoms with Crippen molar-refractivity contribution in [3.63, 3.8) is 0 Å². The van der Waals surface area contributed by atoms with Gasteiger partial charge in [-0.1, -0.05) is 60.7 Å². The maximum Gasteiger partial charge on any atom is 0.226 e. The van der Waals surface area contributed by atoms with Crippen LogP contribution in [0.25, 0.3) is 32.3 Å². The number of aldehydes is 1. The molecule has 0 atom stereocenters. The second kappa shape index (κ2) is 9.79. The SMILES string of the molecule is O=CC(=O)c1c2cc(S(=O)(=O)c3ccccc3)c(S(=O)(=O)c3ccccc3)cc2cc2c(O)c3ccccc3c(O)c12. The number of phenolic OH excluding ortho intramolecular Hbond substituents is 2. The lowest BCUT2D eigenvalue weighted by atomic mass is 9.91. The molecule has 0 unspecified atom stereocenters. The van der Waals surface area contributed by atoms with Crippen molar-refractivity contribution in [2.45, 2.75) is 19.6 Å². The Kier molecular flexibility index (Phi) is 6.32. The Balaban J connectivity index is 1.85. The highest BCUT2D eigenvalue weighted by Gasteiger charge is 2.32. The van der Waals surface area contributed by atoms with Crippen LogP contribution in [0.3, 0.4) is 0 Å². The maximum atomic E-state index is 14.0. The van der Waals surface area contributed by atoms with Gasteiger partial charge in [0, 0.05) is 27.1 Å². The summed E-state index contributed by atoms with van der Waals surface area (Å²) in [5.74, 6) is -1.81. The molecule has 2 N–H and O–H groups in total. The van der Waals surface area contributed by atoms with Crippen LogP contribution in [0.2, 0.25) is 0 Å². The van der Waals surface area contributed by atoms with Crippen molar-refractivity contribution in [3.05, 3.63) is 109 Å². The largest absolute Gasteiger partial charge is 0.507 e. The predicted octanol–water partition coefficient (Wildman–Crippen LogP) is 5.60. The highest BCUT2D eigenvalue weighted by atomic mass is 32.2. The van der Waals surface area contributed by atoms with Gasteiger partial charge in [0.15, 0.2) is 6.29 Å². The summed E-state index contributed by atoms with van der Waals surface area (Å²) in [6, 6.07) is 24.3. The summed E-state index contributed by atoms with van der Waals surface area (Å²) in [6.07, 6.45) is 0.0138. The Morgan fingerprint density at radius 1 is 0.571 bits per heavy atom. The molecule has 0 fully saturated rings. The third kappa shape index (κ3) is 4.03. The Morgan fingerprint density at radius 2 is 1.05 bits per heavy atom. The number of benzene rings is 6. The Morgan fingerprint density at radius 3 is 1.57 bits per heavy atom. The Labute approximate surface area is 239 Å². The summed E-state index contributed by atoms with van der Waals surface area (Å²) in [7, 11) is -8.94. The van der Waals surface area contributed by atoms with Crippen molar-refractivity contribution in [2.75, 3.05) is 0 Å². The molecule has 6 aromatic rings. The fourth-order valence-corrected chi connectivity index (χ4v) is 8.60. The minimum absolute atomic E-state index is 0.0138. The quantitative estimate of drug-likeness (QED) is 0.0831. The van der Waals surface area contributed by atoms with Gasteiger partial charge in [0.2, 0.25) is 25.5 Å². The van der Waals surface area contributed by atoms with Gasteiger partial charge < -0.3 is 10.2 Å². The summed E-state index contributed by atoms with van der Waals surface area (Å²) in [6.45, 7) is 0. The van der Waals surface area contributed by atoms with Gasteiger partial charge in [0.1, 0.15) is 11.5 Å². The topological polar surface area (TPSA) is 143 Å². The lowest BCUT2D eigenvalue weighted by Gasteiger charge is -2.17. The number of hydrogen-bond acceptors (Lipinski definition) is 8. The maximum absolute atomic E-state index is 14.0. The summed E-state index contributed by atoms with van der Waals surface area (Å²) < 4.78 is 55.8. The predicted molar refractivity (Wildman–Crippen MR) is 156 cm³/mol. The van der Waals surface area contributed by atoms with Gasteiger partial charge in [0.25, 0.3) is 0 Å². The van der Waals surface area contributed by atoms with E-state index in [0.29, 0.717) is 0 Å². The Bertz CT molecular complexity index is 2310. The number of ketones is 1.